The third kappa shape index (κ3) is 3.75. The molecule has 0 radical (unpaired) electrons. The van der Waals surface area contributed by atoms with Crippen LogP contribution in [0.5, 0.6) is 0 Å². The van der Waals surface area contributed by atoms with Crippen molar-refractivity contribution < 1.29 is 9.59 Å². The van der Waals surface area contributed by atoms with Gasteiger partial charge >= 0.3 is 11.8 Å². The smallest absolute Gasteiger partial charge is 0.313 e. The minimum atomic E-state index is -0.674. The lowest BCUT2D eigenvalue weighted by Gasteiger charge is -2.10. The molecule has 0 heterocycles. The van der Waals surface area contributed by atoms with Crippen molar-refractivity contribution in [2.45, 2.75) is 13.8 Å². The third-order valence-corrected chi connectivity index (χ3v) is 2.49. The van der Waals surface area contributed by atoms with E-state index in [9.17, 15) is 9.59 Å². The van der Waals surface area contributed by atoms with E-state index < -0.39 is 11.8 Å². The van der Waals surface area contributed by atoms with E-state index in [4.69, 9.17) is 11.6 Å². The van der Waals surface area contributed by atoms with Crippen molar-refractivity contribution in [3.63, 3.8) is 0 Å². The molecule has 0 saturated carbocycles. The molecule has 0 aliphatic carbocycles. The summed E-state index contributed by atoms with van der Waals surface area (Å²) in [6.07, 6.45) is 0. The van der Waals surface area contributed by atoms with Gasteiger partial charge in [0.2, 0.25) is 0 Å². The van der Waals surface area contributed by atoms with E-state index in [0.717, 1.165) is 11.1 Å². The van der Waals surface area contributed by atoms with Crippen molar-refractivity contribution in [3.8, 4) is 0 Å². The topological polar surface area (TPSA) is 58.2 Å². The molecule has 17 heavy (non-hydrogen) atoms. The summed E-state index contributed by atoms with van der Waals surface area (Å²) in [5.41, 5.74) is 2.52. The fourth-order valence-electron chi connectivity index (χ4n) is 1.42. The number of para-hydroxylation sites is 1. The highest BCUT2D eigenvalue weighted by atomic mass is 35.5. The largest absolute Gasteiger partial charge is 0.347 e. The van der Waals surface area contributed by atoms with Crippen LogP contribution in [0.3, 0.4) is 0 Å². The van der Waals surface area contributed by atoms with Gasteiger partial charge < -0.3 is 10.6 Å². The molecule has 2 amide bonds. The van der Waals surface area contributed by atoms with Gasteiger partial charge in [-0.05, 0) is 25.0 Å². The number of nitrogens with one attached hydrogen (secondary N) is 2. The summed E-state index contributed by atoms with van der Waals surface area (Å²) in [6.45, 7) is 4.03. The van der Waals surface area contributed by atoms with Crippen molar-refractivity contribution in [3.05, 3.63) is 29.3 Å². The average molecular weight is 255 g/mol. The first-order valence-electron chi connectivity index (χ1n) is 5.27. The number of hydrogen-bond donors (Lipinski definition) is 2. The van der Waals surface area contributed by atoms with Crippen molar-refractivity contribution >= 4 is 29.1 Å². The van der Waals surface area contributed by atoms with E-state index in [-0.39, 0.29) is 12.4 Å². The monoisotopic (exact) mass is 254 g/mol. The van der Waals surface area contributed by atoms with E-state index in [0.29, 0.717) is 5.69 Å². The van der Waals surface area contributed by atoms with Crippen LogP contribution in [-0.4, -0.2) is 24.2 Å². The van der Waals surface area contributed by atoms with Gasteiger partial charge in [0.15, 0.2) is 0 Å². The van der Waals surface area contributed by atoms with Gasteiger partial charge in [-0.1, -0.05) is 18.2 Å². The number of aryl methyl sites for hydroxylation is 2. The average Bonchev–Trinajstić information content (AvgIpc) is 2.30. The van der Waals surface area contributed by atoms with Gasteiger partial charge in [0.1, 0.15) is 0 Å². The Morgan fingerprint density at radius 1 is 1.18 bits per heavy atom. The summed E-state index contributed by atoms with van der Waals surface area (Å²) in [7, 11) is 0. The van der Waals surface area contributed by atoms with Crippen LogP contribution in [0.15, 0.2) is 18.2 Å². The molecule has 0 bridgehead atoms. The van der Waals surface area contributed by atoms with E-state index >= 15 is 0 Å². The highest BCUT2D eigenvalue weighted by molar-refractivity contribution is 6.39. The van der Waals surface area contributed by atoms with Crippen molar-refractivity contribution in [2.24, 2.45) is 0 Å². The maximum Gasteiger partial charge on any atom is 0.313 e. The molecule has 1 rings (SSSR count). The second-order valence-electron chi connectivity index (χ2n) is 3.67. The van der Waals surface area contributed by atoms with Crippen molar-refractivity contribution in [1.82, 2.24) is 5.32 Å². The Labute approximate surface area is 105 Å². The molecule has 0 atom stereocenters. The number of benzene rings is 1. The number of anilines is 1. The molecule has 2 N–H and O–H groups in total. The molecule has 5 heteroatoms. The zero-order chi connectivity index (χ0) is 12.8. The van der Waals surface area contributed by atoms with Gasteiger partial charge in [-0.15, -0.1) is 11.6 Å². The summed E-state index contributed by atoms with van der Waals surface area (Å²) in [5.74, 6) is -1.07. The quantitative estimate of drug-likeness (QED) is 0.636. The van der Waals surface area contributed by atoms with Gasteiger partial charge in [-0.2, -0.15) is 0 Å². The number of alkyl halides is 1. The lowest BCUT2D eigenvalue weighted by Crippen LogP contribution is -2.36. The van der Waals surface area contributed by atoms with Gasteiger partial charge in [-0.3, -0.25) is 9.59 Å². The van der Waals surface area contributed by atoms with E-state index in [1.165, 1.54) is 0 Å². The molecule has 0 aromatic heterocycles. The third-order valence-electron chi connectivity index (χ3n) is 2.31. The highest BCUT2D eigenvalue weighted by Crippen LogP contribution is 2.18. The number of amides is 2. The first-order valence-corrected chi connectivity index (χ1v) is 5.81. The van der Waals surface area contributed by atoms with Crippen LogP contribution in [0.2, 0.25) is 0 Å². The Kier molecular flexibility index (Phi) is 4.97. The zero-order valence-electron chi connectivity index (χ0n) is 9.84. The number of carbonyl (C=O) groups excluding carboxylic acids is 2. The second kappa shape index (κ2) is 6.25. The minimum Gasteiger partial charge on any atom is -0.347 e. The van der Waals surface area contributed by atoms with E-state index in [1.54, 1.807) is 0 Å². The maximum atomic E-state index is 11.6. The summed E-state index contributed by atoms with van der Waals surface area (Å²) in [5, 5.41) is 5.00. The summed E-state index contributed by atoms with van der Waals surface area (Å²) >= 11 is 5.41. The van der Waals surface area contributed by atoms with Crippen LogP contribution in [0, 0.1) is 13.8 Å². The molecule has 0 unspecified atom stereocenters. The lowest BCUT2D eigenvalue weighted by molar-refractivity contribution is -0.136. The fraction of sp³-hybridized carbons (Fsp3) is 0.333. The Bertz CT molecular complexity index is 412. The Morgan fingerprint density at radius 2 is 1.76 bits per heavy atom. The molecule has 0 fully saturated rings. The zero-order valence-corrected chi connectivity index (χ0v) is 10.6. The maximum absolute atomic E-state index is 11.6. The Morgan fingerprint density at radius 3 is 2.29 bits per heavy atom. The van der Waals surface area contributed by atoms with Gasteiger partial charge in [-0.25, -0.2) is 0 Å². The fourth-order valence-corrected chi connectivity index (χ4v) is 1.52. The van der Waals surface area contributed by atoms with Crippen LogP contribution >= 0.6 is 11.6 Å². The van der Waals surface area contributed by atoms with Gasteiger partial charge in [0, 0.05) is 18.1 Å². The minimum absolute atomic E-state index is 0.278. The standard InChI is InChI=1S/C12H15ClN2O2/c1-8-4-3-5-9(2)10(8)15-12(17)11(16)14-7-6-13/h3-5H,6-7H2,1-2H3,(H,14,16)(H,15,17). The Hall–Kier alpha value is -1.55. The molecule has 1 aromatic carbocycles. The van der Waals surface area contributed by atoms with Crippen LogP contribution in [-0.2, 0) is 9.59 Å². The molecule has 0 spiro atoms. The molecular weight excluding hydrogens is 240 g/mol. The molecule has 4 nitrogen and oxygen atoms in total. The molecule has 0 saturated heterocycles. The predicted octanol–water partition coefficient (Wildman–Crippen LogP) is 1.60. The van der Waals surface area contributed by atoms with Crippen LogP contribution < -0.4 is 10.6 Å². The summed E-state index contributed by atoms with van der Waals surface area (Å²) in [4.78, 5) is 22.9. The van der Waals surface area contributed by atoms with Gasteiger partial charge in [0.25, 0.3) is 0 Å². The molecule has 92 valence electrons. The number of carbonyl (C=O) groups is 2. The normalized spacial score (nSPS) is 9.82. The van der Waals surface area contributed by atoms with Gasteiger partial charge in [0.05, 0.1) is 0 Å². The predicted molar refractivity (Wildman–Crippen MR) is 68.3 cm³/mol. The first-order chi connectivity index (χ1) is 8.06. The van der Waals surface area contributed by atoms with Crippen LogP contribution in [0.25, 0.3) is 0 Å². The van der Waals surface area contributed by atoms with E-state index in [1.807, 2.05) is 32.0 Å². The van der Waals surface area contributed by atoms with Crippen LogP contribution in [0.1, 0.15) is 11.1 Å². The molecule has 1 aromatic rings. The molecule has 0 aliphatic rings. The van der Waals surface area contributed by atoms with Crippen LogP contribution in [0.4, 0.5) is 5.69 Å². The van der Waals surface area contributed by atoms with E-state index in [2.05, 4.69) is 10.6 Å². The number of halogens is 1. The Balaban J connectivity index is 2.71. The second-order valence-corrected chi connectivity index (χ2v) is 4.04. The number of rotatable bonds is 3. The van der Waals surface area contributed by atoms with Crippen molar-refractivity contribution in [2.75, 3.05) is 17.7 Å². The highest BCUT2D eigenvalue weighted by Gasteiger charge is 2.14. The first kappa shape index (κ1) is 13.5. The van der Waals surface area contributed by atoms with Crippen molar-refractivity contribution in [1.29, 1.82) is 0 Å². The summed E-state index contributed by atoms with van der Waals surface area (Å²) < 4.78 is 0. The summed E-state index contributed by atoms with van der Waals surface area (Å²) in [6, 6.07) is 5.65. The SMILES string of the molecule is Cc1cccc(C)c1NC(=O)C(=O)NCCCl. The molecular formula is C12H15ClN2O2. The lowest BCUT2D eigenvalue weighted by atomic mass is 10.1. The number of hydrogen-bond acceptors (Lipinski definition) is 2. The molecule has 0 aliphatic heterocycles.